The Hall–Kier alpha value is -2.33. The van der Waals surface area contributed by atoms with Gasteiger partial charge in [0.05, 0.1) is 0 Å². The molecule has 22 heavy (non-hydrogen) atoms. The molecule has 3 aromatic rings. The van der Waals surface area contributed by atoms with Crippen LogP contribution in [0.4, 0.5) is 0 Å². The molecular formula is C17H15ClN2O2. The number of hydrogen-bond donors (Lipinski definition) is 0. The van der Waals surface area contributed by atoms with E-state index in [4.69, 9.17) is 20.9 Å². The van der Waals surface area contributed by atoms with E-state index in [9.17, 15) is 0 Å². The predicted octanol–water partition coefficient (Wildman–Crippen LogP) is 4.84. The zero-order valence-corrected chi connectivity index (χ0v) is 13.0. The molecule has 0 spiro atoms. The molecule has 0 aliphatic carbocycles. The van der Waals surface area contributed by atoms with Crippen molar-refractivity contribution in [3.8, 4) is 17.1 Å². The second-order valence-electron chi connectivity index (χ2n) is 5.04. The quantitative estimate of drug-likeness (QED) is 0.691. The highest BCUT2D eigenvalue weighted by Crippen LogP contribution is 2.24. The lowest BCUT2D eigenvalue weighted by atomic mass is 10.2. The Morgan fingerprint density at radius 3 is 2.64 bits per heavy atom. The van der Waals surface area contributed by atoms with E-state index < -0.39 is 0 Å². The third-order valence-corrected chi connectivity index (χ3v) is 3.45. The van der Waals surface area contributed by atoms with Crippen molar-refractivity contribution in [1.82, 2.24) is 10.1 Å². The highest BCUT2D eigenvalue weighted by Gasteiger charge is 2.16. The maximum Gasteiger partial charge on any atom is 0.267 e. The summed E-state index contributed by atoms with van der Waals surface area (Å²) in [5, 5.41) is 4.66. The molecule has 0 saturated carbocycles. The van der Waals surface area contributed by atoms with Gasteiger partial charge in [-0.25, -0.2) is 0 Å². The number of nitrogens with zero attached hydrogens (tertiary/aromatic N) is 2. The van der Waals surface area contributed by atoms with Gasteiger partial charge in [0.15, 0.2) is 6.10 Å². The number of ether oxygens (including phenoxy) is 1. The van der Waals surface area contributed by atoms with Crippen LogP contribution in [0, 0.1) is 6.92 Å². The summed E-state index contributed by atoms with van der Waals surface area (Å²) < 4.78 is 11.1. The van der Waals surface area contributed by atoms with Gasteiger partial charge in [-0.3, -0.25) is 0 Å². The SMILES string of the molecule is Cc1cccc(O[C@H](C)c2nc(-c3ccc(Cl)cc3)no2)c1. The van der Waals surface area contributed by atoms with Gasteiger partial charge in [0.2, 0.25) is 5.82 Å². The van der Waals surface area contributed by atoms with E-state index in [0.29, 0.717) is 16.7 Å². The van der Waals surface area contributed by atoms with Crippen molar-refractivity contribution in [3.63, 3.8) is 0 Å². The average molecular weight is 315 g/mol. The van der Waals surface area contributed by atoms with Crippen LogP contribution in [-0.2, 0) is 0 Å². The van der Waals surface area contributed by atoms with Gasteiger partial charge in [-0.05, 0) is 55.8 Å². The van der Waals surface area contributed by atoms with E-state index in [-0.39, 0.29) is 6.10 Å². The predicted molar refractivity (Wildman–Crippen MR) is 85.0 cm³/mol. The molecule has 1 heterocycles. The first-order valence-corrected chi connectivity index (χ1v) is 7.32. The molecule has 1 aromatic heterocycles. The van der Waals surface area contributed by atoms with E-state index in [1.807, 2.05) is 50.2 Å². The molecule has 2 aromatic carbocycles. The number of aryl methyl sites for hydroxylation is 1. The molecule has 0 unspecified atom stereocenters. The molecule has 0 aliphatic heterocycles. The summed E-state index contributed by atoms with van der Waals surface area (Å²) in [4.78, 5) is 4.38. The van der Waals surface area contributed by atoms with Gasteiger partial charge >= 0.3 is 0 Å². The van der Waals surface area contributed by atoms with Crippen LogP contribution in [0.1, 0.15) is 24.5 Å². The topological polar surface area (TPSA) is 48.2 Å². The standard InChI is InChI=1S/C17H15ClN2O2/c1-11-4-3-5-15(10-11)21-12(2)17-19-16(20-22-17)13-6-8-14(18)9-7-13/h3-10,12H,1-2H3/t12-/m1/s1. The van der Waals surface area contributed by atoms with Crippen molar-refractivity contribution in [2.45, 2.75) is 20.0 Å². The molecule has 0 radical (unpaired) electrons. The Morgan fingerprint density at radius 2 is 1.91 bits per heavy atom. The second kappa shape index (κ2) is 6.20. The second-order valence-corrected chi connectivity index (χ2v) is 5.48. The number of halogens is 1. The lowest BCUT2D eigenvalue weighted by molar-refractivity contribution is 0.175. The molecule has 0 amide bonds. The van der Waals surface area contributed by atoms with Gasteiger partial charge in [0.25, 0.3) is 5.89 Å². The molecule has 4 nitrogen and oxygen atoms in total. The normalized spacial score (nSPS) is 12.1. The molecule has 0 bridgehead atoms. The van der Waals surface area contributed by atoms with Crippen LogP contribution in [0.15, 0.2) is 53.1 Å². The zero-order valence-electron chi connectivity index (χ0n) is 12.3. The minimum Gasteiger partial charge on any atom is -0.481 e. The Labute approximate surface area is 133 Å². The van der Waals surface area contributed by atoms with E-state index in [1.165, 1.54) is 0 Å². The van der Waals surface area contributed by atoms with Crippen LogP contribution in [0.25, 0.3) is 11.4 Å². The zero-order chi connectivity index (χ0) is 15.5. The average Bonchev–Trinajstić information content (AvgIpc) is 2.98. The first-order chi connectivity index (χ1) is 10.6. The molecule has 0 N–H and O–H groups in total. The third kappa shape index (κ3) is 3.28. The Kier molecular flexibility index (Phi) is 4.11. The summed E-state index contributed by atoms with van der Waals surface area (Å²) >= 11 is 5.87. The third-order valence-electron chi connectivity index (χ3n) is 3.19. The smallest absolute Gasteiger partial charge is 0.267 e. The Balaban J connectivity index is 1.76. The minimum absolute atomic E-state index is 0.324. The van der Waals surface area contributed by atoms with Gasteiger partial charge in [0, 0.05) is 10.6 Å². The Bertz CT molecular complexity index is 768. The van der Waals surface area contributed by atoms with Crippen molar-refractivity contribution in [2.24, 2.45) is 0 Å². The van der Waals surface area contributed by atoms with Crippen molar-refractivity contribution < 1.29 is 9.26 Å². The van der Waals surface area contributed by atoms with Gasteiger partial charge in [-0.1, -0.05) is 28.9 Å². The van der Waals surface area contributed by atoms with Gasteiger partial charge in [0.1, 0.15) is 5.75 Å². The van der Waals surface area contributed by atoms with E-state index in [0.717, 1.165) is 16.9 Å². The van der Waals surface area contributed by atoms with E-state index in [2.05, 4.69) is 10.1 Å². The monoisotopic (exact) mass is 314 g/mol. The number of hydrogen-bond acceptors (Lipinski definition) is 4. The summed E-state index contributed by atoms with van der Waals surface area (Å²) in [7, 11) is 0. The van der Waals surface area contributed by atoms with Crippen LogP contribution in [-0.4, -0.2) is 10.1 Å². The molecule has 1 atom stereocenters. The van der Waals surface area contributed by atoms with Crippen LogP contribution < -0.4 is 4.74 Å². The van der Waals surface area contributed by atoms with Crippen molar-refractivity contribution >= 4 is 11.6 Å². The molecule has 112 valence electrons. The lowest BCUT2D eigenvalue weighted by Gasteiger charge is -2.10. The fourth-order valence-electron chi connectivity index (χ4n) is 2.06. The van der Waals surface area contributed by atoms with Gasteiger partial charge < -0.3 is 9.26 Å². The molecular weight excluding hydrogens is 300 g/mol. The number of rotatable bonds is 4. The van der Waals surface area contributed by atoms with Crippen molar-refractivity contribution in [2.75, 3.05) is 0 Å². The van der Waals surface area contributed by atoms with Crippen molar-refractivity contribution in [3.05, 3.63) is 65.0 Å². The molecule has 0 aliphatic rings. The molecule has 3 rings (SSSR count). The summed E-state index contributed by atoms with van der Waals surface area (Å²) in [6.07, 6.45) is -0.324. The van der Waals surface area contributed by atoms with Crippen LogP contribution in [0.3, 0.4) is 0 Å². The highest BCUT2D eigenvalue weighted by atomic mass is 35.5. The van der Waals surface area contributed by atoms with E-state index in [1.54, 1.807) is 12.1 Å². The fourth-order valence-corrected chi connectivity index (χ4v) is 2.19. The molecule has 5 heteroatoms. The fraction of sp³-hybridized carbons (Fsp3) is 0.176. The Morgan fingerprint density at radius 1 is 1.14 bits per heavy atom. The van der Waals surface area contributed by atoms with Crippen molar-refractivity contribution in [1.29, 1.82) is 0 Å². The summed E-state index contributed by atoms with van der Waals surface area (Å²) in [6, 6.07) is 15.1. The van der Waals surface area contributed by atoms with Gasteiger partial charge in [-0.15, -0.1) is 0 Å². The summed E-state index contributed by atoms with van der Waals surface area (Å²) in [6.45, 7) is 3.89. The molecule has 0 saturated heterocycles. The maximum atomic E-state index is 5.87. The summed E-state index contributed by atoms with van der Waals surface area (Å²) in [5.74, 6) is 1.73. The summed E-state index contributed by atoms with van der Waals surface area (Å²) in [5.41, 5.74) is 1.99. The minimum atomic E-state index is -0.324. The van der Waals surface area contributed by atoms with Crippen LogP contribution in [0.2, 0.25) is 5.02 Å². The highest BCUT2D eigenvalue weighted by molar-refractivity contribution is 6.30. The maximum absolute atomic E-state index is 5.87. The largest absolute Gasteiger partial charge is 0.481 e. The lowest BCUT2D eigenvalue weighted by Crippen LogP contribution is -2.03. The first-order valence-electron chi connectivity index (χ1n) is 6.95. The van der Waals surface area contributed by atoms with Gasteiger partial charge in [-0.2, -0.15) is 4.98 Å². The number of benzene rings is 2. The van der Waals surface area contributed by atoms with Crippen LogP contribution in [0.5, 0.6) is 5.75 Å². The first kappa shape index (κ1) is 14.6. The van der Waals surface area contributed by atoms with Crippen LogP contribution >= 0.6 is 11.6 Å². The number of aromatic nitrogens is 2. The molecule has 0 fully saturated rings. The van der Waals surface area contributed by atoms with E-state index >= 15 is 0 Å².